The molecule has 19 heavy (non-hydrogen) atoms. The number of nitrogens with zero attached hydrogens (tertiary/aromatic N) is 3. The van der Waals surface area contributed by atoms with Crippen LogP contribution in [0.15, 0.2) is 6.07 Å². The lowest BCUT2D eigenvalue weighted by molar-refractivity contribution is 0.845. The zero-order chi connectivity index (χ0) is 13.3. The summed E-state index contributed by atoms with van der Waals surface area (Å²) in [5.41, 5.74) is 6.88. The van der Waals surface area contributed by atoms with Gasteiger partial charge in [0.25, 0.3) is 0 Å². The van der Waals surface area contributed by atoms with Gasteiger partial charge in [-0.15, -0.1) is 11.3 Å². The fourth-order valence-corrected chi connectivity index (χ4v) is 2.94. The van der Waals surface area contributed by atoms with E-state index in [4.69, 9.17) is 5.73 Å². The summed E-state index contributed by atoms with van der Waals surface area (Å²) in [5, 5.41) is 3.26. The normalized spacial score (nSPS) is 11.8. The third kappa shape index (κ3) is 3.64. The van der Waals surface area contributed by atoms with Gasteiger partial charge in [-0.3, -0.25) is 0 Å². The van der Waals surface area contributed by atoms with Gasteiger partial charge in [-0.05, 0) is 39.3 Å². The first-order valence-electron chi connectivity index (χ1n) is 5.77. The second kappa shape index (κ2) is 5.97. The van der Waals surface area contributed by atoms with Crippen LogP contribution in [-0.4, -0.2) is 15.0 Å². The highest BCUT2D eigenvalue weighted by molar-refractivity contribution is 7.12. The standard InChI is InChI=1S/C12H17N5S.CH4/c1-6-5-10(8(3)18-6)7(2)14-12-16-9(4)15-11(13)17-12;/h5,7H,1-4H3,(H3,13,14,15,16,17);1H4. The molecule has 5 nitrogen and oxygen atoms in total. The third-order valence-corrected chi connectivity index (χ3v) is 3.64. The zero-order valence-corrected chi connectivity index (χ0v) is 11.8. The Morgan fingerprint density at radius 2 is 1.89 bits per heavy atom. The van der Waals surface area contributed by atoms with E-state index in [1.165, 1.54) is 15.3 Å². The molecule has 0 radical (unpaired) electrons. The minimum atomic E-state index is 0. The van der Waals surface area contributed by atoms with Crippen LogP contribution in [0.5, 0.6) is 0 Å². The number of aromatic nitrogens is 3. The summed E-state index contributed by atoms with van der Waals surface area (Å²) in [7, 11) is 0. The van der Waals surface area contributed by atoms with Gasteiger partial charge in [0.2, 0.25) is 11.9 Å². The topological polar surface area (TPSA) is 76.7 Å². The molecule has 1 unspecified atom stereocenters. The Balaban J connectivity index is 0.00000180. The molecule has 0 spiro atoms. The zero-order valence-electron chi connectivity index (χ0n) is 11.0. The van der Waals surface area contributed by atoms with E-state index in [1.807, 2.05) is 0 Å². The molecule has 104 valence electrons. The van der Waals surface area contributed by atoms with Crippen LogP contribution in [-0.2, 0) is 0 Å². The largest absolute Gasteiger partial charge is 0.368 e. The van der Waals surface area contributed by atoms with E-state index < -0.39 is 0 Å². The third-order valence-electron chi connectivity index (χ3n) is 2.66. The van der Waals surface area contributed by atoms with Gasteiger partial charge in [-0.25, -0.2) is 0 Å². The number of nitrogens with two attached hydrogens (primary N) is 1. The van der Waals surface area contributed by atoms with Crippen molar-refractivity contribution in [3.05, 3.63) is 27.2 Å². The molecule has 0 saturated heterocycles. The smallest absolute Gasteiger partial charge is 0.228 e. The number of anilines is 2. The number of hydrogen-bond donors (Lipinski definition) is 2. The molecular weight excluding hydrogens is 258 g/mol. The summed E-state index contributed by atoms with van der Waals surface area (Å²) in [6.07, 6.45) is 0. The Morgan fingerprint density at radius 3 is 2.42 bits per heavy atom. The molecule has 0 fully saturated rings. The number of hydrogen-bond acceptors (Lipinski definition) is 6. The average Bonchev–Trinajstić information content (AvgIpc) is 2.56. The predicted molar refractivity (Wildman–Crippen MR) is 81.5 cm³/mol. The summed E-state index contributed by atoms with van der Waals surface area (Å²) in [5.74, 6) is 1.39. The SMILES string of the molecule is C.Cc1nc(N)nc(NC(C)c2cc(C)sc2C)n1. The first kappa shape index (κ1) is 15.4. The Labute approximate surface area is 118 Å². The maximum Gasteiger partial charge on any atom is 0.228 e. The molecule has 0 aliphatic heterocycles. The Bertz CT molecular complexity index is 544. The molecule has 2 aromatic heterocycles. The fourth-order valence-electron chi connectivity index (χ4n) is 1.92. The molecule has 2 aromatic rings. The van der Waals surface area contributed by atoms with Crippen molar-refractivity contribution >= 4 is 23.2 Å². The summed E-state index contributed by atoms with van der Waals surface area (Å²) in [6, 6.07) is 2.34. The van der Waals surface area contributed by atoms with Gasteiger partial charge in [0.05, 0.1) is 6.04 Å². The summed E-state index contributed by atoms with van der Waals surface area (Å²) in [6.45, 7) is 8.12. The van der Waals surface area contributed by atoms with E-state index in [0.717, 1.165) is 0 Å². The van der Waals surface area contributed by atoms with Gasteiger partial charge >= 0.3 is 0 Å². The average molecular weight is 279 g/mol. The van der Waals surface area contributed by atoms with Gasteiger partial charge in [-0.2, -0.15) is 15.0 Å². The molecule has 0 bridgehead atoms. The molecule has 0 amide bonds. The lowest BCUT2D eigenvalue weighted by atomic mass is 10.1. The van der Waals surface area contributed by atoms with E-state index in [2.05, 4.69) is 47.1 Å². The van der Waals surface area contributed by atoms with E-state index in [-0.39, 0.29) is 19.4 Å². The minimum Gasteiger partial charge on any atom is -0.368 e. The molecule has 2 heterocycles. The summed E-state index contributed by atoms with van der Waals surface area (Å²) in [4.78, 5) is 14.9. The highest BCUT2D eigenvalue weighted by Gasteiger charge is 2.12. The molecular formula is C13H21N5S. The van der Waals surface area contributed by atoms with Crippen LogP contribution in [0.4, 0.5) is 11.9 Å². The lowest BCUT2D eigenvalue weighted by Crippen LogP contribution is -2.12. The molecule has 3 N–H and O–H groups in total. The molecule has 0 aromatic carbocycles. The van der Waals surface area contributed by atoms with Crippen LogP contribution >= 0.6 is 11.3 Å². The highest BCUT2D eigenvalue weighted by atomic mass is 32.1. The molecule has 0 saturated carbocycles. The molecule has 0 aliphatic rings. The lowest BCUT2D eigenvalue weighted by Gasteiger charge is -2.14. The van der Waals surface area contributed by atoms with Crippen molar-refractivity contribution in [3.63, 3.8) is 0 Å². The maximum absolute atomic E-state index is 5.61. The van der Waals surface area contributed by atoms with Crippen LogP contribution in [0.3, 0.4) is 0 Å². The van der Waals surface area contributed by atoms with E-state index >= 15 is 0 Å². The van der Waals surface area contributed by atoms with Gasteiger partial charge in [0, 0.05) is 9.75 Å². The van der Waals surface area contributed by atoms with Crippen molar-refractivity contribution in [2.24, 2.45) is 0 Å². The van der Waals surface area contributed by atoms with Crippen LogP contribution in [0.1, 0.15) is 41.5 Å². The van der Waals surface area contributed by atoms with Crippen molar-refractivity contribution in [3.8, 4) is 0 Å². The van der Waals surface area contributed by atoms with Crippen LogP contribution in [0.2, 0.25) is 0 Å². The fraction of sp³-hybridized carbons (Fsp3) is 0.462. The van der Waals surface area contributed by atoms with Gasteiger partial charge in [0.15, 0.2) is 0 Å². The number of thiophene rings is 1. The summed E-state index contributed by atoms with van der Waals surface area (Å²) < 4.78 is 0. The Hall–Kier alpha value is -1.69. The first-order valence-corrected chi connectivity index (χ1v) is 6.59. The monoisotopic (exact) mass is 279 g/mol. The Kier molecular flexibility index (Phi) is 4.83. The van der Waals surface area contributed by atoms with Crippen LogP contribution < -0.4 is 11.1 Å². The van der Waals surface area contributed by atoms with Crippen LogP contribution in [0.25, 0.3) is 0 Å². The molecule has 2 rings (SSSR count). The van der Waals surface area contributed by atoms with Gasteiger partial charge in [0.1, 0.15) is 5.82 Å². The van der Waals surface area contributed by atoms with Crippen molar-refractivity contribution < 1.29 is 0 Å². The predicted octanol–water partition coefficient (Wildman–Crippen LogP) is 3.25. The van der Waals surface area contributed by atoms with E-state index in [0.29, 0.717) is 11.8 Å². The highest BCUT2D eigenvalue weighted by Crippen LogP contribution is 2.27. The number of aryl methyl sites for hydroxylation is 3. The number of nitrogen functional groups attached to an aromatic ring is 1. The Morgan fingerprint density at radius 1 is 1.21 bits per heavy atom. The first-order chi connectivity index (χ1) is 8.45. The maximum atomic E-state index is 5.61. The van der Waals surface area contributed by atoms with Crippen molar-refractivity contribution in [1.29, 1.82) is 0 Å². The van der Waals surface area contributed by atoms with E-state index in [9.17, 15) is 0 Å². The van der Waals surface area contributed by atoms with Crippen molar-refractivity contribution in [2.45, 2.75) is 41.2 Å². The summed E-state index contributed by atoms with van der Waals surface area (Å²) >= 11 is 1.80. The van der Waals surface area contributed by atoms with Crippen molar-refractivity contribution in [1.82, 2.24) is 15.0 Å². The number of nitrogens with one attached hydrogen (secondary N) is 1. The van der Waals surface area contributed by atoms with Gasteiger partial charge < -0.3 is 11.1 Å². The van der Waals surface area contributed by atoms with Crippen LogP contribution in [0, 0.1) is 20.8 Å². The molecule has 6 heteroatoms. The molecule has 0 aliphatic carbocycles. The van der Waals surface area contributed by atoms with E-state index in [1.54, 1.807) is 18.3 Å². The second-order valence-electron chi connectivity index (χ2n) is 4.30. The van der Waals surface area contributed by atoms with Gasteiger partial charge in [-0.1, -0.05) is 7.43 Å². The second-order valence-corrected chi connectivity index (χ2v) is 5.76. The molecule has 1 atom stereocenters. The minimum absolute atomic E-state index is 0. The quantitative estimate of drug-likeness (QED) is 0.902. The van der Waals surface area contributed by atoms with Crippen molar-refractivity contribution in [2.75, 3.05) is 11.1 Å². The number of rotatable bonds is 3.